The SMILES string of the molecule is Cn1nc(-c2cccc(C(=O)NC[C@@H]3CCCN3)c2)ccc1=O. The van der Waals surface area contributed by atoms with Crippen LogP contribution in [0.5, 0.6) is 0 Å². The summed E-state index contributed by atoms with van der Waals surface area (Å²) >= 11 is 0. The van der Waals surface area contributed by atoms with E-state index < -0.39 is 0 Å². The molecule has 120 valence electrons. The minimum atomic E-state index is -0.160. The van der Waals surface area contributed by atoms with Gasteiger partial charge in [0.1, 0.15) is 0 Å². The first-order valence-corrected chi connectivity index (χ1v) is 7.80. The van der Waals surface area contributed by atoms with Gasteiger partial charge in [0.25, 0.3) is 11.5 Å². The minimum absolute atomic E-state index is 0.0922. The van der Waals surface area contributed by atoms with Crippen molar-refractivity contribution >= 4 is 5.91 Å². The molecular weight excluding hydrogens is 292 g/mol. The normalized spacial score (nSPS) is 17.2. The summed E-state index contributed by atoms with van der Waals surface area (Å²) in [6.45, 7) is 1.66. The van der Waals surface area contributed by atoms with Gasteiger partial charge in [0.05, 0.1) is 5.69 Å². The van der Waals surface area contributed by atoms with E-state index in [1.165, 1.54) is 10.7 Å². The number of aryl methyl sites for hydroxylation is 1. The van der Waals surface area contributed by atoms with Gasteiger partial charge in [-0.25, -0.2) is 4.68 Å². The Morgan fingerprint density at radius 1 is 1.39 bits per heavy atom. The van der Waals surface area contributed by atoms with E-state index in [0.717, 1.165) is 24.9 Å². The molecule has 1 amide bonds. The summed E-state index contributed by atoms with van der Waals surface area (Å²) in [4.78, 5) is 23.7. The van der Waals surface area contributed by atoms with Gasteiger partial charge in [0.2, 0.25) is 0 Å². The standard InChI is InChI=1S/C17H20N4O2/c1-21-16(22)8-7-15(20-21)12-4-2-5-13(10-12)17(23)19-11-14-6-3-9-18-14/h2,4-5,7-8,10,14,18H,3,6,9,11H2,1H3,(H,19,23)/t14-/m0/s1. The van der Waals surface area contributed by atoms with Crippen LogP contribution in [0.1, 0.15) is 23.2 Å². The topological polar surface area (TPSA) is 76.0 Å². The zero-order valence-corrected chi connectivity index (χ0v) is 13.1. The number of rotatable bonds is 4. The monoisotopic (exact) mass is 312 g/mol. The summed E-state index contributed by atoms with van der Waals surface area (Å²) in [5.74, 6) is -0.0922. The van der Waals surface area contributed by atoms with Crippen molar-refractivity contribution in [3.8, 4) is 11.3 Å². The molecule has 1 aromatic carbocycles. The van der Waals surface area contributed by atoms with Gasteiger partial charge in [-0.1, -0.05) is 12.1 Å². The highest BCUT2D eigenvalue weighted by Crippen LogP contribution is 2.17. The van der Waals surface area contributed by atoms with Gasteiger partial charge >= 0.3 is 0 Å². The van der Waals surface area contributed by atoms with Crippen molar-refractivity contribution in [2.45, 2.75) is 18.9 Å². The summed E-state index contributed by atoms with van der Waals surface area (Å²) in [5, 5.41) is 10.5. The molecule has 6 heteroatoms. The third-order valence-corrected chi connectivity index (χ3v) is 4.05. The van der Waals surface area contributed by atoms with Crippen molar-refractivity contribution in [3.05, 3.63) is 52.3 Å². The lowest BCUT2D eigenvalue weighted by Gasteiger charge is -2.12. The van der Waals surface area contributed by atoms with E-state index in [0.29, 0.717) is 23.8 Å². The summed E-state index contributed by atoms with van der Waals surface area (Å²) in [6.07, 6.45) is 2.26. The number of carbonyl (C=O) groups is 1. The molecule has 0 radical (unpaired) electrons. The van der Waals surface area contributed by atoms with Crippen molar-refractivity contribution in [1.29, 1.82) is 0 Å². The average Bonchev–Trinajstić information content (AvgIpc) is 3.09. The molecule has 0 spiro atoms. The lowest BCUT2D eigenvalue weighted by atomic mass is 10.1. The molecule has 2 heterocycles. The average molecular weight is 312 g/mol. The maximum atomic E-state index is 12.3. The van der Waals surface area contributed by atoms with Gasteiger partial charge in [0.15, 0.2) is 0 Å². The first kappa shape index (κ1) is 15.4. The molecule has 0 saturated carbocycles. The second kappa shape index (κ2) is 6.75. The Hall–Kier alpha value is -2.47. The maximum Gasteiger partial charge on any atom is 0.266 e. The zero-order valence-electron chi connectivity index (χ0n) is 13.1. The highest BCUT2D eigenvalue weighted by Gasteiger charge is 2.15. The van der Waals surface area contributed by atoms with Gasteiger partial charge < -0.3 is 10.6 Å². The third kappa shape index (κ3) is 3.65. The summed E-state index contributed by atoms with van der Waals surface area (Å²) in [5.41, 5.74) is 1.91. The molecule has 1 fully saturated rings. The number of hydrogen-bond acceptors (Lipinski definition) is 4. The number of benzene rings is 1. The smallest absolute Gasteiger partial charge is 0.266 e. The van der Waals surface area contributed by atoms with Crippen LogP contribution in [0.25, 0.3) is 11.3 Å². The Balaban J connectivity index is 1.74. The van der Waals surface area contributed by atoms with Crippen LogP contribution in [-0.4, -0.2) is 34.8 Å². The molecule has 2 N–H and O–H groups in total. The van der Waals surface area contributed by atoms with E-state index >= 15 is 0 Å². The first-order chi connectivity index (χ1) is 11.1. The lowest BCUT2D eigenvalue weighted by molar-refractivity contribution is 0.0950. The van der Waals surface area contributed by atoms with Crippen molar-refractivity contribution < 1.29 is 4.79 Å². The first-order valence-electron chi connectivity index (χ1n) is 7.80. The van der Waals surface area contributed by atoms with E-state index in [2.05, 4.69) is 15.7 Å². The highest BCUT2D eigenvalue weighted by molar-refractivity contribution is 5.95. The van der Waals surface area contributed by atoms with Gasteiger partial charge in [-0.2, -0.15) is 5.10 Å². The van der Waals surface area contributed by atoms with Crippen LogP contribution < -0.4 is 16.2 Å². The van der Waals surface area contributed by atoms with Gasteiger partial charge in [0, 0.05) is 36.8 Å². The van der Waals surface area contributed by atoms with Gasteiger partial charge in [-0.3, -0.25) is 9.59 Å². The Morgan fingerprint density at radius 2 is 2.26 bits per heavy atom. The van der Waals surface area contributed by atoms with Crippen LogP contribution in [-0.2, 0) is 7.05 Å². The number of aromatic nitrogens is 2. The van der Waals surface area contributed by atoms with Crippen LogP contribution in [0.4, 0.5) is 0 Å². The van der Waals surface area contributed by atoms with Crippen molar-refractivity contribution in [3.63, 3.8) is 0 Å². The van der Waals surface area contributed by atoms with Crippen molar-refractivity contribution in [2.24, 2.45) is 7.05 Å². The number of amides is 1. The number of hydrogen-bond donors (Lipinski definition) is 2. The van der Waals surface area contributed by atoms with Crippen LogP contribution in [0, 0.1) is 0 Å². The van der Waals surface area contributed by atoms with Crippen LogP contribution in [0.15, 0.2) is 41.2 Å². The molecule has 2 aromatic rings. The molecule has 0 unspecified atom stereocenters. The highest BCUT2D eigenvalue weighted by atomic mass is 16.1. The minimum Gasteiger partial charge on any atom is -0.350 e. The molecule has 1 atom stereocenters. The van der Waals surface area contributed by atoms with E-state index in [-0.39, 0.29) is 11.5 Å². The third-order valence-electron chi connectivity index (χ3n) is 4.05. The fourth-order valence-corrected chi connectivity index (χ4v) is 2.72. The van der Waals surface area contributed by atoms with Crippen LogP contribution in [0.3, 0.4) is 0 Å². The van der Waals surface area contributed by atoms with E-state index in [1.807, 2.05) is 12.1 Å². The molecule has 1 aromatic heterocycles. The molecule has 6 nitrogen and oxygen atoms in total. The van der Waals surface area contributed by atoms with Crippen molar-refractivity contribution in [2.75, 3.05) is 13.1 Å². The lowest BCUT2D eigenvalue weighted by Crippen LogP contribution is -2.37. The van der Waals surface area contributed by atoms with E-state index in [1.54, 1.807) is 25.2 Å². The molecule has 0 bridgehead atoms. The Labute approximate surface area is 134 Å². The Bertz CT molecular complexity index is 763. The van der Waals surface area contributed by atoms with Crippen molar-refractivity contribution in [1.82, 2.24) is 20.4 Å². The van der Waals surface area contributed by atoms with E-state index in [4.69, 9.17) is 0 Å². The maximum absolute atomic E-state index is 12.3. The molecule has 1 aliphatic heterocycles. The Kier molecular flexibility index (Phi) is 4.52. The largest absolute Gasteiger partial charge is 0.350 e. The van der Waals surface area contributed by atoms with Crippen LogP contribution in [0.2, 0.25) is 0 Å². The van der Waals surface area contributed by atoms with Crippen LogP contribution >= 0.6 is 0 Å². The Morgan fingerprint density at radius 3 is 3.00 bits per heavy atom. The second-order valence-corrected chi connectivity index (χ2v) is 5.76. The number of nitrogens with one attached hydrogen (secondary N) is 2. The fraction of sp³-hybridized carbons (Fsp3) is 0.353. The summed E-state index contributed by atoms with van der Waals surface area (Å²) < 4.78 is 1.29. The molecule has 3 rings (SSSR count). The fourth-order valence-electron chi connectivity index (χ4n) is 2.72. The molecular formula is C17H20N4O2. The quantitative estimate of drug-likeness (QED) is 0.880. The molecule has 0 aliphatic carbocycles. The summed E-state index contributed by atoms with van der Waals surface area (Å²) in [6, 6.07) is 10.8. The molecule has 1 saturated heterocycles. The second-order valence-electron chi connectivity index (χ2n) is 5.76. The van der Waals surface area contributed by atoms with Gasteiger partial charge in [-0.15, -0.1) is 0 Å². The number of carbonyl (C=O) groups excluding carboxylic acids is 1. The van der Waals surface area contributed by atoms with E-state index in [9.17, 15) is 9.59 Å². The zero-order chi connectivity index (χ0) is 16.2. The van der Waals surface area contributed by atoms with Gasteiger partial charge in [-0.05, 0) is 37.6 Å². The predicted molar refractivity (Wildman–Crippen MR) is 88.3 cm³/mol. The number of nitrogens with zero attached hydrogens (tertiary/aromatic N) is 2. The predicted octanol–water partition coefficient (Wildman–Crippen LogP) is 0.929. The molecule has 23 heavy (non-hydrogen) atoms. The molecule has 1 aliphatic rings. The summed E-state index contributed by atoms with van der Waals surface area (Å²) in [7, 11) is 1.61.